The summed E-state index contributed by atoms with van der Waals surface area (Å²) in [5.74, 6) is -0.705. The van der Waals surface area contributed by atoms with Crippen molar-refractivity contribution >= 4 is 17.5 Å². The summed E-state index contributed by atoms with van der Waals surface area (Å²) >= 11 is 0. The third-order valence-electron chi connectivity index (χ3n) is 2.81. The Morgan fingerprint density at radius 1 is 1.42 bits per heavy atom. The number of nitrogens with zero attached hydrogens (tertiary/aromatic N) is 2. The highest BCUT2D eigenvalue weighted by atomic mass is 16.4. The zero-order valence-corrected chi connectivity index (χ0v) is 10.4. The summed E-state index contributed by atoms with van der Waals surface area (Å²) in [4.78, 5) is 19.0. The quantitative estimate of drug-likeness (QED) is 0.771. The van der Waals surface area contributed by atoms with Gasteiger partial charge in [-0.3, -0.25) is 4.98 Å². The molecule has 0 bridgehead atoms. The molecule has 0 aliphatic carbocycles. The molecule has 0 atom stereocenters. The highest BCUT2D eigenvalue weighted by Crippen LogP contribution is 2.20. The maximum Gasteiger partial charge on any atom is 0.337 e. The first-order valence-electron chi connectivity index (χ1n) is 5.70. The van der Waals surface area contributed by atoms with E-state index in [1.54, 1.807) is 12.4 Å². The van der Waals surface area contributed by atoms with Gasteiger partial charge in [-0.2, -0.15) is 0 Å². The Bertz CT molecular complexity index is 613. The van der Waals surface area contributed by atoms with Gasteiger partial charge in [-0.25, -0.2) is 9.78 Å². The van der Waals surface area contributed by atoms with Crippen molar-refractivity contribution in [1.29, 1.82) is 0 Å². The van der Waals surface area contributed by atoms with Crippen LogP contribution in [0.1, 0.15) is 21.5 Å². The number of carboxylic acid groups (broad SMARTS) is 1. The standard InChI is InChI=1S/C13H14N4O2/c1-8-2-4-15-6-9(8)7-17-12-11(14)10(13(18)19)3-5-16-12/h2-6H,7,14H2,1H3,(H,16,17)(H,18,19). The van der Waals surface area contributed by atoms with Crippen molar-refractivity contribution in [2.24, 2.45) is 0 Å². The highest BCUT2D eigenvalue weighted by Gasteiger charge is 2.12. The number of nitrogen functional groups attached to an aromatic ring is 1. The first kappa shape index (κ1) is 12.8. The molecule has 0 radical (unpaired) electrons. The van der Waals surface area contributed by atoms with Gasteiger partial charge in [-0.05, 0) is 30.2 Å². The van der Waals surface area contributed by atoms with Gasteiger partial charge in [0.15, 0.2) is 0 Å². The number of hydrogen-bond donors (Lipinski definition) is 3. The summed E-state index contributed by atoms with van der Waals surface area (Å²) in [6.07, 6.45) is 4.88. The van der Waals surface area contributed by atoms with Gasteiger partial charge in [0.05, 0.1) is 11.3 Å². The lowest BCUT2D eigenvalue weighted by molar-refractivity contribution is 0.0698. The summed E-state index contributed by atoms with van der Waals surface area (Å²) in [7, 11) is 0. The van der Waals surface area contributed by atoms with Crippen molar-refractivity contribution < 1.29 is 9.90 Å². The molecule has 2 aromatic rings. The number of nitrogens with two attached hydrogens (primary N) is 1. The van der Waals surface area contributed by atoms with Crippen LogP contribution in [0, 0.1) is 6.92 Å². The van der Waals surface area contributed by atoms with E-state index in [2.05, 4.69) is 15.3 Å². The van der Waals surface area contributed by atoms with Crippen molar-refractivity contribution in [2.75, 3.05) is 11.1 Å². The van der Waals surface area contributed by atoms with Gasteiger partial charge in [-0.15, -0.1) is 0 Å². The number of nitrogens with one attached hydrogen (secondary N) is 1. The zero-order valence-electron chi connectivity index (χ0n) is 10.4. The monoisotopic (exact) mass is 258 g/mol. The second-order valence-electron chi connectivity index (χ2n) is 4.08. The predicted octanol–water partition coefficient (Wildman–Crippen LogP) is 1.68. The van der Waals surface area contributed by atoms with Crippen LogP contribution >= 0.6 is 0 Å². The van der Waals surface area contributed by atoms with E-state index in [-0.39, 0.29) is 11.3 Å². The third kappa shape index (κ3) is 2.79. The molecular weight excluding hydrogens is 244 g/mol. The largest absolute Gasteiger partial charge is 0.478 e. The van der Waals surface area contributed by atoms with E-state index in [9.17, 15) is 4.79 Å². The summed E-state index contributed by atoms with van der Waals surface area (Å²) in [6.45, 7) is 2.46. The molecule has 0 aromatic carbocycles. The number of carbonyl (C=O) groups is 1. The zero-order chi connectivity index (χ0) is 13.8. The number of aromatic carboxylic acids is 1. The number of carboxylic acids is 1. The lowest BCUT2D eigenvalue weighted by Crippen LogP contribution is -2.10. The fraction of sp³-hybridized carbons (Fsp3) is 0.154. The predicted molar refractivity (Wildman–Crippen MR) is 71.9 cm³/mol. The molecule has 0 aliphatic heterocycles. The molecule has 19 heavy (non-hydrogen) atoms. The van der Waals surface area contributed by atoms with Gasteiger partial charge in [0, 0.05) is 25.1 Å². The second kappa shape index (κ2) is 5.34. The van der Waals surface area contributed by atoms with Gasteiger partial charge in [0.1, 0.15) is 5.82 Å². The molecule has 4 N–H and O–H groups in total. The molecule has 0 saturated heterocycles. The number of hydrogen-bond acceptors (Lipinski definition) is 5. The van der Waals surface area contributed by atoms with E-state index in [0.717, 1.165) is 11.1 Å². The van der Waals surface area contributed by atoms with Crippen LogP contribution in [-0.4, -0.2) is 21.0 Å². The van der Waals surface area contributed by atoms with Crippen LogP contribution in [0.5, 0.6) is 0 Å². The Labute approximate surface area is 110 Å². The van der Waals surface area contributed by atoms with Crippen molar-refractivity contribution in [3.63, 3.8) is 0 Å². The first-order chi connectivity index (χ1) is 9.09. The fourth-order valence-corrected chi connectivity index (χ4v) is 1.66. The third-order valence-corrected chi connectivity index (χ3v) is 2.81. The molecule has 0 unspecified atom stereocenters. The summed E-state index contributed by atoms with van der Waals surface area (Å²) in [5.41, 5.74) is 8.04. The van der Waals surface area contributed by atoms with Gasteiger partial charge >= 0.3 is 5.97 Å². The molecule has 2 aromatic heterocycles. The minimum Gasteiger partial charge on any atom is -0.478 e. The average molecular weight is 258 g/mol. The highest BCUT2D eigenvalue weighted by molar-refractivity contribution is 5.96. The number of pyridine rings is 2. The molecule has 0 aliphatic rings. The number of anilines is 2. The second-order valence-corrected chi connectivity index (χ2v) is 4.08. The van der Waals surface area contributed by atoms with Gasteiger partial charge in [-0.1, -0.05) is 0 Å². The maximum atomic E-state index is 11.0. The van der Waals surface area contributed by atoms with E-state index in [0.29, 0.717) is 12.4 Å². The Balaban J connectivity index is 2.19. The molecule has 0 spiro atoms. The molecule has 2 rings (SSSR count). The lowest BCUT2D eigenvalue weighted by Gasteiger charge is -2.11. The number of aromatic nitrogens is 2. The van der Waals surface area contributed by atoms with Crippen molar-refractivity contribution in [2.45, 2.75) is 13.5 Å². The lowest BCUT2D eigenvalue weighted by atomic mass is 10.1. The number of rotatable bonds is 4. The molecule has 2 heterocycles. The maximum absolute atomic E-state index is 11.0. The van der Waals surface area contributed by atoms with Gasteiger partial charge in [0.25, 0.3) is 0 Å². The molecular formula is C13H14N4O2. The smallest absolute Gasteiger partial charge is 0.337 e. The Kier molecular flexibility index (Phi) is 3.61. The summed E-state index contributed by atoms with van der Waals surface area (Å²) in [6, 6.07) is 3.28. The summed E-state index contributed by atoms with van der Waals surface area (Å²) in [5, 5.41) is 12.0. The summed E-state index contributed by atoms with van der Waals surface area (Å²) < 4.78 is 0. The topological polar surface area (TPSA) is 101 Å². The normalized spacial score (nSPS) is 10.2. The van der Waals surface area contributed by atoms with Crippen LogP contribution in [0.4, 0.5) is 11.5 Å². The molecule has 98 valence electrons. The number of aryl methyl sites for hydroxylation is 1. The Hall–Kier alpha value is -2.63. The first-order valence-corrected chi connectivity index (χ1v) is 5.70. The minimum atomic E-state index is -1.07. The van der Waals surface area contributed by atoms with E-state index >= 15 is 0 Å². The fourth-order valence-electron chi connectivity index (χ4n) is 1.66. The van der Waals surface area contributed by atoms with Crippen molar-refractivity contribution in [3.8, 4) is 0 Å². The van der Waals surface area contributed by atoms with E-state index in [4.69, 9.17) is 10.8 Å². The van der Waals surface area contributed by atoms with Crippen LogP contribution in [0.25, 0.3) is 0 Å². The Morgan fingerprint density at radius 2 is 2.21 bits per heavy atom. The average Bonchev–Trinajstić information content (AvgIpc) is 2.39. The molecule has 6 heteroatoms. The van der Waals surface area contributed by atoms with Gasteiger partial charge in [0.2, 0.25) is 0 Å². The van der Waals surface area contributed by atoms with Crippen LogP contribution in [-0.2, 0) is 6.54 Å². The van der Waals surface area contributed by atoms with E-state index < -0.39 is 5.97 Å². The van der Waals surface area contributed by atoms with Crippen LogP contribution < -0.4 is 11.1 Å². The van der Waals surface area contributed by atoms with Crippen molar-refractivity contribution in [1.82, 2.24) is 9.97 Å². The molecule has 0 saturated carbocycles. The van der Waals surface area contributed by atoms with E-state index in [1.807, 2.05) is 13.0 Å². The molecule has 0 amide bonds. The van der Waals surface area contributed by atoms with Crippen LogP contribution in [0.3, 0.4) is 0 Å². The van der Waals surface area contributed by atoms with E-state index in [1.165, 1.54) is 12.3 Å². The molecule has 0 fully saturated rings. The van der Waals surface area contributed by atoms with Crippen LogP contribution in [0.2, 0.25) is 0 Å². The molecule has 6 nitrogen and oxygen atoms in total. The van der Waals surface area contributed by atoms with Crippen LogP contribution in [0.15, 0.2) is 30.7 Å². The van der Waals surface area contributed by atoms with Crippen molar-refractivity contribution in [3.05, 3.63) is 47.4 Å². The van der Waals surface area contributed by atoms with Gasteiger partial charge < -0.3 is 16.2 Å². The SMILES string of the molecule is Cc1ccncc1CNc1nccc(C(=O)O)c1N. The Morgan fingerprint density at radius 3 is 2.89 bits per heavy atom. The minimum absolute atomic E-state index is 0.0420.